The minimum absolute atomic E-state index is 0.148. The number of piperidine rings is 1. The summed E-state index contributed by atoms with van der Waals surface area (Å²) < 4.78 is 14.2. The van der Waals surface area contributed by atoms with Crippen LogP contribution >= 0.6 is 0 Å². The quantitative estimate of drug-likeness (QED) is 0.357. The van der Waals surface area contributed by atoms with Crippen molar-refractivity contribution < 1.29 is 19.4 Å². The Labute approximate surface area is 231 Å². The Kier molecular flexibility index (Phi) is 6.51. The first-order valence-corrected chi connectivity index (χ1v) is 14.1. The summed E-state index contributed by atoms with van der Waals surface area (Å²) in [4.78, 5) is 31.4. The average Bonchev–Trinajstić information content (AvgIpc) is 3.78. The highest BCUT2D eigenvalue weighted by molar-refractivity contribution is 5.95. The lowest BCUT2D eigenvalue weighted by Crippen LogP contribution is -2.43. The molecule has 3 aromatic heterocycles. The molecular weight excluding hydrogens is 510 g/mol. The second kappa shape index (κ2) is 10.5. The molecule has 2 saturated heterocycles. The van der Waals surface area contributed by atoms with E-state index in [4.69, 9.17) is 24.5 Å². The third-order valence-electron chi connectivity index (χ3n) is 7.87. The first-order chi connectivity index (χ1) is 19.6. The highest BCUT2D eigenvalue weighted by atomic mass is 16.5. The maximum Gasteiger partial charge on any atom is 0.407 e. The predicted molar refractivity (Wildman–Crippen MR) is 146 cm³/mol. The highest BCUT2D eigenvalue weighted by Gasteiger charge is 2.27. The molecule has 11 heteroatoms. The van der Waals surface area contributed by atoms with Crippen LogP contribution in [0.1, 0.15) is 62.8 Å². The number of likely N-dealkylation sites (tertiary alicyclic amines) is 1. The zero-order valence-electron chi connectivity index (χ0n) is 22.1. The Morgan fingerprint density at radius 1 is 0.975 bits per heavy atom. The van der Waals surface area contributed by atoms with Crippen LogP contribution in [0.4, 0.5) is 4.79 Å². The van der Waals surface area contributed by atoms with Crippen LogP contribution in [0.3, 0.4) is 0 Å². The fraction of sp³-hybridized carbons (Fsp3) is 0.448. The highest BCUT2D eigenvalue weighted by Crippen LogP contribution is 2.40. The minimum Gasteiger partial charge on any atom is -0.471 e. The van der Waals surface area contributed by atoms with Gasteiger partial charge in [0.05, 0.1) is 42.0 Å². The summed E-state index contributed by atoms with van der Waals surface area (Å²) in [6, 6.07) is 6.23. The molecule has 0 spiro atoms. The molecule has 1 saturated carbocycles. The number of carboxylic acid groups (broad SMARTS) is 1. The zero-order chi connectivity index (χ0) is 27.1. The van der Waals surface area contributed by atoms with Crippen LogP contribution in [0.25, 0.3) is 33.5 Å². The number of fused-ring (bicyclic) bond motifs is 1. The van der Waals surface area contributed by atoms with Crippen molar-refractivity contribution in [1.29, 1.82) is 0 Å². The molecule has 7 rings (SSSR count). The van der Waals surface area contributed by atoms with E-state index in [9.17, 15) is 9.90 Å². The molecule has 3 fully saturated rings. The monoisotopic (exact) mass is 541 g/mol. The van der Waals surface area contributed by atoms with Gasteiger partial charge in [-0.2, -0.15) is 5.10 Å². The largest absolute Gasteiger partial charge is 0.471 e. The van der Waals surface area contributed by atoms with Crippen molar-refractivity contribution in [3.05, 3.63) is 48.7 Å². The number of amides is 1. The van der Waals surface area contributed by atoms with E-state index >= 15 is 0 Å². The summed E-state index contributed by atoms with van der Waals surface area (Å²) in [5.41, 5.74) is 5.06. The van der Waals surface area contributed by atoms with E-state index in [1.165, 1.54) is 17.7 Å². The molecule has 0 bridgehead atoms. The molecule has 2 aliphatic heterocycles. The smallest absolute Gasteiger partial charge is 0.407 e. The Bertz CT molecular complexity index is 1550. The summed E-state index contributed by atoms with van der Waals surface area (Å²) in [5.74, 6) is 0.869. The van der Waals surface area contributed by atoms with Crippen LogP contribution in [0.5, 0.6) is 5.88 Å². The van der Waals surface area contributed by atoms with Gasteiger partial charge < -0.3 is 19.5 Å². The average molecular weight is 542 g/mol. The third kappa shape index (κ3) is 4.97. The lowest BCUT2D eigenvalue weighted by molar-refractivity contribution is -0.0365. The van der Waals surface area contributed by atoms with Crippen LogP contribution in [0, 0.1) is 0 Å². The van der Waals surface area contributed by atoms with Gasteiger partial charge in [0.25, 0.3) is 0 Å². The molecule has 11 nitrogen and oxygen atoms in total. The van der Waals surface area contributed by atoms with Gasteiger partial charge in [0.15, 0.2) is 6.23 Å². The van der Waals surface area contributed by atoms with Crippen LogP contribution < -0.4 is 4.74 Å². The molecule has 1 amide bonds. The van der Waals surface area contributed by atoms with Crippen LogP contribution in [-0.4, -0.2) is 71.6 Å². The van der Waals surface area contributed by atoms with Crippen LogP contribution in [0.15, 0.2) is 43.0 Å². The Morgan fingerprint density at radius 2 is 1.85 bits per heavy atom. The Balaban J connectivity index is 1.26. The number of hydrogen-bond acceptors (Lipinski definition) is 8. The normalized spacial score (nSPS) is 21.4. The summed E-state index contributed by atoms with van der Waals surface area (Å²) in [6.07, 6.45) is 12.4. The molecule has 1 N–H and O–H groups in total. The number of hydrogen-bond donors (Lipinski definition) is 1. The van der Waals surface area contributed by atoms with E-state index in [1.54, 1.807) is 18.6 Å². The van der Waals surface area contributed by atoms with Gasteiger partial charge >= 0.3 is 6.09 Å². The van der Waals surface area contributed by atoms with E-state index in [0.717, 1.165) is 60.0 Å². The maximum absolute atomic E-state index is 11.4. The van der Waals surface area contributed by atoms with Gasteiger partial charge in [-0.05, 0) is 57.1 Å². The molecule has 3 aliphatic rings. The topological polar surface area (TPSA) is 128 Å². The van der Waals surface area contributed by atoms with Crippen molar-refractivity contribution in [3.8, 4) is 28.5 Å². The van der Waals surface area contributed by atoms with Gasteiger partial charge in [-0.25, -0.2) is 19.4 Å². The summed E-state index contributed by atoms with van der Waals surface area (Å²) in [5, 5.41) is 15.3. The van der Waals surface area contributed by atoms with Crippen molar-refractivity contribution in [3.63, 3.8) is 0 Å². The Hall–Kier alpha value is -4.12. The van der Waals surface area contributed by atoms with Gasteiger partial charge in [-0.1, -0.05) is 6.07 Å². The van der Waals surface area contributed by atoms with Crippen LogP contribution in [0.2, 0.25) is 0 Å². The predicted octanol–water partition coefficient (Wildman–Crippen LogP) is 5.05. The first-order valence-electron chi connectivity index (χ1n) is 14.1. The van der Waals surface area contributed by atoms with Crippen LogP contribution in [-0.2, 0) is 4.74 Å². The second-order valence-corrected chi connectivity index (χ2v) is 10.8. The van der Waals surface area contributed by atoms with Gasteiger partial charge in [0, 0.05) is 36.2 Å². The van der Waals surface area contributed by atoms with E-state index in [2.05, 4.69) is 28.2 Å². The first kappa shape index (κ1) is 24.9. The number of ether oxygens (including phenoxy) is 2. The SMILES string of the molecule is O=C(O)N1CCC[C@@H](Oc2cncc(-c3nn(C4CCCCO4)c4ccc(-c5cncc(C6CC6)n5)cc34)n2)C1. The Morgan fingerprint density at radius 3 is 2.67 bits per heavy atom. The zero-order valence-corrected chi connectivity index (χ0v) is 22.1. The van der Waals surface area contributed by atoms with Gasteiger partial charge in [0.1, 0.15) is 17.5 Å². The minimum atomic E-state index is -0.932. The molecule has 1 unspecified atom stereocenters. The third-order valence-corrected chi connectivity index (χ3v) is 7.87. The van der Waals surface area contributed by atoms with E-state index in [0.29, 0.717) is 42.9 Å². The number of benzene rings is 1. The van der Waals surface area contributed by atoms with Crippen molar-refractivity contribution >= 4 is 17.0 Å². The fourth-order valence-electron chi connectivity index (χ4n) is 5.62. The molecule has 206 valence electrons. The summed E-state index contributed by atoms with van der Waals surface area (Å²) in [7, 11) is 0. The van der Waals surface area contributed by atoms with Crippen molar-refractivity contribution in [2.75, 3.05) is 19.7 Å². The summed E-state index contributed by atoms with van der Waals surface area (Å²) >= 11 is 0. The van der Waals surface area contributed by atoms with Gasteiger partial charge in [-0.15, -0.1) is 0 Å². The molecular formula is C29H31N7O4. The number of aromatic nitrogens is 6. The maximum atomic E-state index is 11.4. The number of nitrogens with zero attached hydrogens (tertiary/aromatic N) is 7. The lowest BCUT2D eigenvalue weighted by atomic mass is 10.1. The standard InChI is InChI=1S/C29H31N7O4/c37-29(38)35-10-3-4-20(17-35)40-26-16-31-15-24(33-26)28-21-12-19(23-14-30-13-22(32-23)18-6-7-18)8-9-25(21)36(34-28)27-5-1-2-11-39-27/h8-9,12-16,18,20,27H,1-7,10-11,17H2,(H,37,38)/t20-,27?/m1/s1. The van der Waals surface area contributed by atoms with Gasteiger partial charge in [-0.3, -0.25) is 9.97 Å². The lowest BCUT2D eigenvalue weighted by Gasteiger charge is -2.30. The molecule has 40 heavy (non-hydrogen) atoms. The van der Waals surface area contributed by atoms with E-state index < -0.39 is 6.09 Å². The number of rotatable bonds is 6. The molecule has 4 aromatic rings. The van der Waals surface area contributed by atoms with Crippen molar-refractivity contribution in [2.24, 2.45) is 0 Å². The molecule has 1 aromatic carbocycles. The molecule has 1 aliphatic carbocycles. The van der Waals surface area contributed by atoms with E-state index in [-0.39, 0.29) is 12.3 Å². The second-order valence-electron chi connectivity index (χ2n) is 10.8. The fourth-order valence-corrected chi connectivity index (χ4v) is 5.62. The molecule has 0 radical (unpaired) electrons. The molecule has 5 heterocycles. The number of carbonyl (C=O) groups is 1. The van der Waals surface area contributed by atoms with Crippen molar-refractivity contribution in [1.82, 2.24) is 34.6 Å². The molecule has 2 atom stereocenters. The van der Waals surface area contributed by atoms with Crippen molar-refractivity contribution in [2.45, 2.75) is 63.2 Å². The van der Waals surface area contributed by atoms with Gasteiger partial charge in [0.2, 0.25) is 5.88 Å². The summed E-state index contributed by atoms with van der Waals surface area (Å²) in [6.45, 7) is 1.53. The van der Waals surface area contributed by atoms with E-state index in [1.807, 2.05) is 10.9 Å².